The third-order valence-corrected chi connectivity index (χ3v) is 3.09. The summed E-state index contributed by atoms with van der Waals surface area (Å²) in [7, 11) is 0. The van der Waals surface area contributed by atoms with Crippen molar-refractivity contribution in [2.24, 2.45) is 0 Å². The summed E-state index contributed by atoms with van der Waals surface area (Å²) >= 11 is 3.53. The molecule has 0 amide bonds. The summed E-state index contributed by atoms with van der Waals surface area (Å²) in [4.78, 5) is 0. The maximum Gasteiger partial charge on any atom is 0.0178 e. The van der Waals surface area contributed by atoms with Crippen molar-refractivity contribution in [2.75, 3.05) is 13.1 Å². The Morgan fingerprint density at radius 3 is 2.73 bits per heavy atom. The van der Waals surface area contributed by atoms with E-state index in [1.54, 1.807) is 0 Å². The van der Waals surface area contributed by atoms with Gasteiger partial charge in [-0.05, 0) is 36.6 Å². The molecular weight excluding hydrogens is 250 g/mol. The first-order valence-electron chi connectivity index (χ1n) is 5.74. The monoisotopic (exact) mass is 269 g/mol. The molecule has 0 radical (unpaired) electrons. The van der Waals surface area contributed by atoms with E-state index >= 15 is 0 Å². The number of nitrogens with one attached hydrogen (secondary N) is 1. The highest BCUT2D eigenvalue weighted by molar-refractivity contribution is 9.10. The average molecular weight is 270 g/mol. The molecule has 2 heteroatoms. The average Bonchev–Trinajstić information content (AvgIpc) is 2.24. The maximum absolute atomic E-state index is 3.53. The van der Waals surface area contributed by atoms with Crippen molar-refractivity contribution >= 4 is 15.9 Å². The molecule has 0 aromatic heterocycles. The van der Waals surface area contributed by atoms with Gasteiger partial charge in [0.25, 0.3) is 0 Å². The molecule has 0 heterocycles. The van der Waals surface area contributed by atoms with Gasteiger partial charge in [-0.15, -0.1) is 0 Å². The number of rotatable bonds is 6. The molecule has 0 saturated heterocycles. The molecule has 1 rings (SSSR count). The van der Waals surface area contributed by atoms with Gasteiger partial charge in [0.05, 0.1) is 0 Å². The Bertz CT molecular complexity index is 286. The van der Waals surface area contributed by atoms with Crippen LogP contribution in [-0.2, 0) is 0 Å². The van der Waals surface area contributed by atoms with E-state index in [4.69, 9.17) is 0 Å². The zero-order chi connectivity index (χ0) is 11.1. The molecule has 0 saturated carbocycles. The van der Waals surface area contributed by atoms with Crippen LogP contribution in [0.5, 0.6) is 0 Å². The molecule has 1 atom stereocenters. The van der Waals surface area contributed by atoms with Gasteiger partial charge in [0.2, 0.25) is 0 Å². The third kappa shape index (κ3) is 4.35. The molecule has 0 aliphatic heterocycles. The topological polar surface area (TPSA) is 12.0 Å². The lowest BCUT2D eigenvalue weighted by molar-refractivity contribution is 0.555. The van der Waals surface area contributed by atoms with E-state index in [0.717, 1.165) is 13.1 Å². The van der Waals surface area contributed by atoms with Crippen molar-refractivity contribution in [3.8, 4) is 0 Å². The maximum atomic E-state index is 3.53. The Kier molecular flexibility index (Phi) is 5.96. The van der Waals surface area contributed by atoms with E-state index in [9.17, 15) is 0 Å². The van der Waals surface area contributed by atoms with Gasteiger partial charge in [-0.1, -0.05) is 48.3 Å². The lowest BCUT2D eigenvalue weighted by Crippen LogP contribution is -2.21. The summed E-state index contributed by atoms with van der Waals surface area (Å²) in [5.41, 5.74) is 1.44. The quantitative estimate of drug-likeness (QED) is 0.825. The Morgan fingerprint density at radius 1 is 1.33 bits per heavy atom. The van der Waals surface area contributed by atoms with Gasteiger partial charge in [0, 0.05) is 11.0 Å². The molecule has 15 heavy (non-hydrogen) atoms. The van der Waals surface area contributed by atoms with E-state index in [-0.39, 0.29) is 0 Å². The Labute approximate surface area is 101 Å². The van der Waals surface area contributed by atoms with Crippen molar-refractivity contribution < 1.29 is 0 Å². The lowest BCUT2D eigenvalue weighted by atomic mass is 9.94. The second-order valence-electron chi connectivity index (χ2n) is 3.85. The van der Waals surface area contributed by atoms with Gasteiger partial charge in [0.1, 0.15) is 0 Å². The number of hydrogen-bond donors (Lipinski definition) is 1. The second-order valence-corrected chi connectivity index (χ2v) is 4.76. The lowest BCUT2D eigenvalue weighted by Gasteiger charge is -2.17. The molecule has 1 N–H and O–H groups in total. The van der Waals surface area contributed by atoms with Crippen LogP contribution in [-0.4, -0.2) is 13.1 Å². The summed E-state index contributed by atoms with van der Waals surface area (Å²) in [5, 5.41) is 3.44. The SMILES string of the molecule is CCCC(CNCC)c1cccc(Br)c1. The number of benzene rings is 1. The summed E-state index contributed by atoms with van der Waals surface area (Å²) in [6.07, 6.45) is 2.49. The first-order chi connectivity index (χ1) is 7.27. The molecule has 1 aromatic carbocycles. The Balaban J connectivity index is 2.69. The molecular formula is C13H20BrN. The highest BCUT2D eigenvalue weighted by atomic mass is 79.9. The van der Waals surface area contributed by atoms with Gasteiger partial charge in [-0.25, -0.2) is 0 Å². The summed E-state index contributed by atoms with van der Waals surface area (Å²) in [6.45, 7) is 6.54. The second kappa shape index (κ2) is 7.02. The van der Waals surface area contributed by atoms with Crippen LogP contribution in [0.25, 0.3) is 0 Å². The summed E-state index contributed by atoms with van der Waals surface area (Å²) in [6, 6.07) is 8.66. The predicted molar refractivity (Wildman–Crippen MR) is 70.3 cm³/mol. The van der Waals surface area contributed by atoms with Crippen LogP contribution < -0.4 is 5.32 Å². The number of halogens is 1. The van der Waals surface area contributed by atoms with Crippen LogP contribution in [0.15, 0.2) is 28.7 Å². The molecule has 1 nitrogen and oxygen atoms in total. The molecule has 1 aromatic rings. The van der Waals surface area contributed by atoms with Gasteiger partial charge >= 0.3 is 0 Å². The Hall–Kier alpha value is -0.340. The van der Waals surface area contributed by atoms with E-state index in [1.165, 1.54) is 22.9 Å². The molecule has 84 valence electrons. The van der Waals surface area contributed by atoms with Crippen LogP contribution in [0.4, 0.5) is 0 Å². The van der Waals surface area contributed by atoms with Gasteiger partial charge in [-0.3, -0.25) is 0 Å². The fraction of sp³-hybridized carbons (Fsp3) is 0.538. The minimum Gasteiger partial charge on any atom is -0.316 e. The van der Waals surface area contributed by atoms with Crippen molar-refractivity contribution in [1.29, 1.82) is 0 Å². The zero-order valence-electron chi connectivity index (χ0n) is 9.59. The highest BCUT2D eigenvalue weighted by Crippen LogP contribution is 2.23. The molecule has 0 spiro atoms. The van der Waals surface area contributed by atoms with Crippen LogP contribution in [0.2, 0.25) is 0 Å². The van der Waals surface area contributed by atoms with E-state index in [1.807, 2.05) is 0 Å². The van der Waals surface area contributed by atoms with Crippen molar-refractivity contribution in [2.45, 2.75) is 32.6 Å². The minimum absolute atomic E-state index is 0.646. The first-order valence-corrected chi connectivity index (χ1v) is 6.53. The molecule has 0 fully saturated rings. The fourth-order valence-corrected chi connectivity index (χ4v) is 2.23. The summed E-state index contributed by atoms with van der Waals surface area (Å²) < 4.78 is 1.18. The van der Waals surface area contributed by atoms with Crippen molar-refractivity contribution in [3.05, 3.63) is 34.3 Å². The first kappa shape index (κ1) is 12.7. The van der Waals surface area contributed by atoms with Gasteiger partial charge < -0.3 is 5.32 Å². The fourth-order valence-electron chi connectivity index (χ4n) is 1.81. The largest absolute Gasteiger partial charge is 0.316 e. The smallest absolute Gasteiger partial charge is 0.0178 e. The molecule has 0 bridgehead atoms. The molecule has 1 unspecified atom stereocenters. The zero-order valence-corrected chi connectivity index (χ0v) is 11.2. The highest BCUT2D eigenvalue weighted by Gasteiger charge is 2.09. The van der Waals surface area contributed by atoms with Gasteiger partial charge in [0.15, 0.2) is 0 Å². The van der Waals surface area contributed by atoms with Crippen LogP contribution >= 0.6 is 15.9 Å². The van der Waals surface area contributed by atoms with Crippen molar-refractivity contribution in [1.82, 2.24) is 5.32 Å². The van der Waals surface area contributed by atoms with E-state index in [2.05, 4.69) is 59.4 Å². The Morgan fingerprint density at radius 2 is 2.13 bits per heavy atom. The standard InChI is InChI=1S/C13H20BrN/c1-3-6-12(10-15-4-2)11-7-5-8-13(14)9-11/h5,7-9,12,15H,3-4,6,10H2,1-2H3. The number of likely N-dealkylation sites (N-methyl/N-ethyl adjacent to an activating group) is 1. The van der Waals surface area contributed by atoms with Gasteiger partial charge in [-0.2, -0.15) is 0 Å². The van der Waals surface area contributed by atoms with E-state index < -0.39 is 0 Å². The summed E-state index contributed by atoms with van der Waals surface area (Å²) in [5.74, 6) is 0.646. The van der Waals surface area contributed by atoms with Crippen LogP contribution in [0, 0.1) is 0 Å². The third-order valence-electron chi connectivity index (χ3n) is 2.60. The van der Waals surface area contributed by atoms with Crippen molar-refractivity contribution in [3.63, 3.8) is 0 Å². The van der Waals surface area contributed by atoms with Crippen LogP contribution in [0.1, 0.15) is 38.2 Å². The number of hydrogen-bond acceptors (Lipinski definition) is 1. The minimum atomic E-state index is 0.646. The molecule has 0 aliphatic carbocycles. The van der Waals surface area contributed by atoms with E-state index in [0.29, 0.717) is 5.92 Å². The normalized spacial score (nSPS) is 12.7. The molecule has 0 aliphatic rings. The predicted octanol–water partition coefficient (Wildman–Crippen LogP) is 3.94. The van der Waals surface area contributed by atoms with Crippen LogP contribution in [0.3, 0.4) is 0 Å².